The normalized spacial score (nSPS) is 11.2. The van der Waals surface area contributed by atoms with E-state index in [1.165, 1.54) is 6.26 Å². The van der Waals surface area contributed by atoms with Crippen molar-refractivity contribution in [2.24, 2.45) is 0 Å². The summed E-state index contributed by atoms with van der Waals surface area (Å²) in [4.78, 5) is 2.51. The van der Waals surface area contributed by atoms with Crippen LogP contribution in [0.4, 0.5) is 5.69 Å². The van der Waals surface area contributed by atoms with E-state index < -0.39 is 9.84 Å². The van der Waals surface area contributed by atoms with Gasteiger partial charge in [0.25, 0.3) is 0 Å². The maximum Gasteiger partial charge on any atom is 0.175 e. The first kappa shape index (κ1) is 18.5. The Morgan fingerprint density at radius 3 is 2.14 bits per heavy atom. The Kier molecular flexibility index (Phi) is 6.41. The van der Waals surface area contributed by atoms with Crippen molar-refractivity contribution < 1.29 is 8.42 Å². The van der Waals surface area contributed by atoms with Crippen LogP contribution in [0.25, 0.3) is 0 Å². The van der Waals surface area contributed by atoms with E-state index in [0.29, 0.717) is 4.90 Å². The van der Waals surface area contributed by atoms with Crippen molar-refractivity contribution >= 4 is 27.9 Å². The first-order valence-corrected chi connectivity index (χ1v) is 8.56. The Bertz CT molecular complexity index is 715. The Morgan fingerprint density at radius 1 is 1.00 bits per heavy atom. The summed E-state index contributed by atoms with van der Waals surface area (Å²) in [7, 11) is -1.11. The van der Waals surface area contributed by atoms with E-state index in [9.17, 15) is 8.42 Å². The average Bonchev–Trinajstić information content (AvgIpc) is 2.38. The van der Waals surface area contributed by atoms with Crippen LogP contribution in [-0.4, -0.2) is 26.6 Å². The van der Waals surface area contributed by atoms with E-state index in [0.717, 1.165) is 29.9 Å². The third kappa shape index (κ3) is 5.33. The lowest BCUT2D eigenvalue weighted by molar-refractivity contribution is 0.319. The van der Waals surface area contributed by atoms with Crippen molar-refractivity contribution in [2.75, 3.05) is 19.0 Å². The lowest BCUT2D eigenvalue weighted by Crippen LogP contribution is -2.17. The van der Waals surface area contributed by atoms with Gasteiger partial charge in [0.2, 0.25) is 0 Å². The summed E-state index contributed by atoms with van der Waals surface area (Å²) < 4.78 is 22.8. The lowest BCUT2D eigenvalue weighted by atomic mass is 10.1. The molecule has 0 radical (unpaired) electrons. The zero-order valence-corrected chi connectivity index (χ0v) is 14.3. The van der Waals surface area contributed by atoms with Crippen LogP contribution in [0.1, 0.15) is 11.1 Å². The molecule has 4 nitrogen and oxygen atoms in total. The van der Waals surface area contributed by atoms with Gasteiger partial charge in [-0.1, -0.05) is 24.3 Å². The molecule has 0 aliphatic rings. The topological polar surface area (TPSA) is 63.4 Å². The van der Waals surface area contributed by atoms with Crippen LogP contribution in [0.15, 0.2) is 53.4 Å². The molecule has 0 amide bonds. The molecule has 0 unspecified atom stereocenters. The fourth-order valence-electron chi connectivity index (χ4n) is 2.21. The number of rotatable bonds is 5. The number of nitrogens with two attached hydrogens (primary N) is 1. The summed E-state index contributed by atoms with van der Waals surface area (Å²) in [5.41, 5.74) is 8.77. The van der Waals surface area contributed by atoms with E-state index in [1.54, 1.807) is 12.1 Å². The Balaban J connectivity index is 0.00000242. The number of anilines is 1. The maximum absolute atomic E-state index is 11.4. The molecular formula is C16H21ClN2O2S. The van der Waals surface area contributed by atoms with Gasteiger partial charge in [-0.15, -0.1) is 12.4 Å². The van der Waals surface area contributed by atoms with Gasteiger partial charge in [0.05, 0.1) is 4.90 Å². The third-order valence-corrected chi connectivity index (χ3v) is 4.34. The molecule has 0 atom stereocenters. The molecule has 0 fully saturated rings. The molecule has 6 heteroatoms. The van der Waals surface area contributed by atoms with Gasteiger partial charge >= 0.3 is 0 Å². The van der Waals surface area contributed by atoms with Gasteiger partial charge < -0.3 is 5.73 Å². The summed E-state index contributed by atoms with van der Waals surface area (Å²) >= 11 is 0. The Morgan fingerprint density at radius 2 is 1.59 bits per heavy atom. The van der Waals surface area contributed by atoms with E-state index >= 15 is 0 Å². The predicted octanol–water partition coefficient (Wildman–Crippen LogP) is 2.73. The molecule has 0 spiro atoms. The molecule has 0 bridgehead atoms. The highest BCUT2D eigenvalue weighted by atomic mass is 35.5. The van der Waals surface area contributed by atoms with Crippen LogP contribution in [0.3, 0.4) is 0 Å². The predicted molar refractivity (Wildman–Crippen MR) is 92.8 cm³/mol. The number of hydrogen-bond acceptors (Lipinski definition) is 4. The quantitative estimate of drug-likeness (QED) is 0.850. The van der Waals surface area contributed by atoms with Gasteiger partial charge in [0.1, 0.15) is 0 Å². The molecule has 22 heavy (non-hydrogen) atoms. The maximum atomic E-state index is 11.4. The van der Waals surface area contributed by atoms with Crippen molar-refractivity contribution in [3.05, 3.63) is 59.7 Å². The van der Waals surface area contributed by atoms with Gasteiger partial charge in [-0.3, -0.25) is 4.90 Å². The molecule has 2 N–H and O–H groups in total. The molecule has 0 aromatic heterocycles. The summed E-state index contributed by atoms with van der Waals surface area (Å²) in [6.07, 6.45) is 1.22. The zero-order chi connectivity index (χ0) is 15.5. The summed E-state index contributed by atoms with van der Waals surface area (Å²) in [5.74, 6) is 0. The number of nitrogen functional groups attached to an aromatic ring is 1. The number of sulfone groups is 1. The summed E-state index contributed by atoms with van der Waals surface area (Å²) in [5, 5.41) is 0. The molecule has 0 aliphatic heterocycles. The van der Waals surface area contributed by atoms with Crippen LogP contribution >= 0.6 is 12.4 Å². The number of halogens is 1. The molecule has 0 saturated heterocycles. The fourth-order valence-corrected chi connectivity index (χ4v) is 2.84. The molecule has 0 aliphatic carbocycles. The van der Waals surface area contributed by atoms with Gasteiger partial charge in [-0.25, -0.2) is 8.42 Å². The van der Waals surface area contributed by atoms with E-state index in [2.05, 4.69) is 4.90 Å². The lowest BCUT2D eigenvalue weighted by Gasteiger charge is -2.17. The van der Waals surface area contributed by atoms with Gasteiger partial charge in [0.15, 0.2) is 9.84 Å². The monoisotopic (exact) mass is 340 g/mol. The summed E-state index contributed by atoms with van der Waals surface area (Å²) in [6, 6.07) is 14.8. The number of nitrogens with zero attached hydrogens (tertiary/aromatic N) is 1. The van der Waals surface area contributed by atoms with Crippen LogP contribution in [0.5, 0.6) is 0 Å². The second-order valence-electron chi connectivity index (χ2n) is 5.33. The number of hydrogen-bond donors (Lipinski definition) is 1. The van der Waals surface area contributed by atoms with Crippen LogP contribution in [-0.2, 0) is 22.9 Å². The minimum atomic E-state index is -3.13. The van der Waals surface area contributed by atoms with Crippen molar-refractivity contribution in [2.45, 2.75) is 18.0 Å². The minimum absolute atomic E-state index is 0. The van der Waals surface area contributed by atoms with E-state index in [4.69, 9.17) is 5.73 Å². The van der Waals surface area contributed by atoms with E-state index in [1.807, 2.05) is 43.4 Å². The summed E-state index contributed by atoms with van der Waals surface area (Å²) in [6.45, 7) is 1.54. The van der Waals surface area contributed by atoms with Crippen LogP contribution in [0.2, 0.25) is 0 Å². The van der Waals surface area contributed by atoms with Crippen LogP contribution in [0, 0.1) is 0 Å². The zero-order valence-electron chi connectivity index (χ0n) is 12.7. The molecule has 2 aromatic rings. The largest absolute Gasteiger partial charge is 0.399 e. The fraction of sp³-hybridized carbons (Fsp3) is 0.250. The smallest absolute Gasteiger partial charge is 0.175 e. The van der Waals surface area contributed by atoms with Crippen molar-refractivity contribution in [3.8, 4) is 0 Å². The van der Waals surface area contributed by atoms with Gasteiger partial charge in [0, 0.05) is 25.0 Å². The minimum Gasteiger partial charge on any atom is -0.399 e. The first-order valence-electron chi connectivity index (χ1n) is 6.66. The Hall–Kier alpha value is -1.56. The van der Waals surface area contributed by atoms with E-state index in [-0.39, 0.29) is 12.4 Å². The standard InChI is InChI=1S/C16H20N2O2S.ClH/c1-18(12-14-4-3-5-15(17)10-14)11-13-6-8-16(9-7-13)21(2,19)20;/h3-10H,11-12,17H2,1-2H3;1H. The molecule has 0 saturated carbocycles. The Labute approximate surface area is 138 Å². The van der Waals surface area contributed by atoms with Gasteiger partial charge in [-0.05, 0) is 42.4 Å². The highest BCUT2D eigenvalue weighted by molar-refractivity contribution is 7.90. The van der Waals surface area contributed by atoms with Crippen molar-refractivity contribution in [3.63, 3.8) is 0 Å². The molecule has 2 rings (SSSR count). The van der Waals surface area contributed by atoms with Crippen molar-refractivity contribution in [1.29, 1.82) is 0 Å². The highest BCUT2D eigenvalue weighted by Crippen LogP contribution is 2.14. The number of benzene rings is 2. The third-order valence-electron chi connectivity index (χ3n) is 3.21. The van der Waals surface area contributed by atoms with Gasteiger partial charge in [-0.2, -0.15) is 0 Å². The van der Waals surface area contributed by atoms with Crippen molar-refractivity contribution in [1.82, 2.24) is 4.90 Å². The average molecular weight is 341 g/mol. The second kappa shape index (κ2) is 7.63. The highest BCUT2D eigenvalue weighted by Gasteiger charge is 2.07. The molecule has 120 valence electrons. The second-order valence-corrected chi connectivity index (χ2v) is 7.35. The molecule has 2 aromatic carbocycles. The molecular weight excluding hydrogens is 320 g/mol. The molecule has 0 heterocycles. The van der Waals surface area contributed by atoms with Crippen LogP contribution < -0.4 is 5.73 Å². The first-order chi connectivity index (χ1) is 9.84. The SMILES string of the molecule is CN(Cc1ccc(S(C)(=O)=O)cc1)Cc1cccc(N)c1.Cl.